The zero-order valence-corrected chi connectivity index (χ0v) is 11.8. The minimum absolute atomic E-state index is 0.521. The molecule has 0 aromatic heterocycles. The molecule has 2 aliphatic rings. The van der Waals surface area contributed by atoms with Gasteiger partial charge >= 0.3 is 0 Å². The van der Waals surface area contributed by atoms with Gasteiger partial charge in [0.1, 0.15) is 0 Å². The third-order valence-electron chi connectivity index (χ3n) is 4.40. The second-order valence-corrected chi connectivity index (χ2v) is 5.80. The standard InChI is InChI=1S/C17H24N2/c1-2-3-11-19-13-16(14-9-10-14)18-12-17(19)15-7-5-4-6-8-15/h2-8,14,16-18H,9-13H2,1H3/b3-2+. The fourth-order valence-corrected chi connectivity index (χ4v) is 3.10. The summed E-state index contributed by atoms with van der Waals surface area (Å²) in [7, 11) is 0. The second kappa shape index (κ2) is 5.89. The Balaban J connectivity index is 1.73. The zero-order chi connectivity index (χ0) is 13.1. The van der Waals surface area contributed by atoms with E-state index in [0.717, 1.165) is 19.0 Å². The normalized spacial score (nSPS) is 28.9. The molecule has 1 N–H and O–H groups in total. The summed E-state index contributed by atoms with van der Waals surface area (Å²) >= 11 is 0. The summed E-state index contributed by atoms with van der Waals surface area (Å²) in [6.45, 7) is 5.45. The molecule has 1 aliphatic carbocycles. The monoisotopic (exact) mass is 256 g/mol. The Labute approximate surface area is 116 Å². The van der Waals surface area contributed by atoms with Crippen LogP contribution in [0.1, 0.15) is 31.4 Å². The predicted molar refractivity (Wildman–Crippen MR) is 80.1 cm³/mol. The first-order valence-electron chi connectivity index (χ1n) is 7.52. The van der Waals surface area contributed by atoms with Crippen molar-refractivity contribution in [3.05, 3.63) is 48.0 Å². The van der Waals surface area contributed by atoms with Gasteiger partial charge in [-0.1, -0.05) is 42.5 Å². The highest BCUT2D eigenvalue weighted by atomic mass is 15.2. The summed E-state index contributed by atoms with van der Waals surface area (Å²) in [5.41, 5.74) is 1.44. The number of piperazine rings is 1. The molecule has 1 aliphatic heterocycles. The van der Waals surface area contributed by atoms with E-state index in [-0.39, 0.29) is 0 Å². The van der Waals surface area contributed by atoms with Crippen LogP contribution in [0.5, 0.6) is 0 Å². The molecule has 1 saturated carbocycles. The number of hydrogen-bond donors (Lipinski definition) is 1. The number of allylic oxidation sites excluding steroid dienone is 1. The van der Waals surface area contributed by atoms with Crippen LogP contribution in [0.3, 0.4) is 0 Å². The van der Waals surface area contributed by atoms with Gasteiger partial charge < -0.3 is 5.32 Å². The maximum absolute atomic E-state index is 3.77. The Morgan fingerprint density at radius 2 is 2.05 bits per heavy atom. The van der Waals surface area contributed by atoms with Crippen LogP contribution in [-0.2, 0) is 0 Å². The van der Waals surface area contributed by atoms with Crippen molar-refractivity contribution in [3.8, 4) is 0 Å². The Morgan fingerprint density at radius 3 is 2.74 bits per heavy atom. The van der Waals surface area contributed by atoms with Crippen LogP contribution in [0.4, 0.5) is 0 Å². The van der Waals surface area contributed by atoms with E-state index in [4.69, 9.17) is 0 Å². The smallest absolute Gasteiger partial charge is 0.0476 e. The van der Waals surface area contributed by atoms with Crippen molar-refractivity contribution in [2.75, 3.05) is 19.6 Å². The van der Waals surface area contributed by atoms with Crippen LogP contribution < -0.4 is 5.32 Å². The maximum Gasteiger partial charge on any atom is 0.0476 e. The first-order valence-corrected chi connectivity index (χ1v) is 7.52. The van der Waals surface area contributed by atoms with Gasteiger partial charge in [0, 0.05) is 31.7 Å². The van der Waals surface area contributed by atoms with E-state index >= 15 is 0 Å². The first-order chi connectivity index (χ1) is 9.38. The Morgan fingerprint density at radius 1 is 1.26 bits per heavy atom. The summed E-state index contributed by atoms with van der Waals surface area (Å²) < 4.78 is 0. The van der Waals surface area contributed by atoms with Crippen molar-refractivity contribution < 1.29 is 0 Å². The molecule has 1 saturated heterocycles. The lowest BCUT2D eigenvalue weighted by atomic mass is 9.99. The molecular formula is C17H24N2. The van der Waals surface area contributed by atoms with Gasteiger partial charge in [0.25, 0.3) is 0 Å². The second-order valence-electron chi connectivity index (χ2n) is 5.80. The highest BCUT2D eigenvalue weighted by molar-refractivity contribution is 5.21. The van der Waals surface area contributed by atoms with Gasteiger partial charge in [-0.2, -0.15) is 0 Å². The third kappa shape index (κ3) is 3.07. The van der Waals surface area contributed by atoms with Gasteiger partial charge in [0.2, 0.25) is 0 Å². The topological polar surface area (TPSA) is 15.3 Å². The van der Waals surface area contributed by atoms with Crippen molar-refractivity contribution in [2.24, 2.45) is 5.92 Å². The lowest BCUT2D eigenvalue weighted by Gasteiger charge is -2.40. The summed E-state index contributed by atoms with van der Waals surface area (Å²) in [4.78, 5) is 2.63. The van der Waals surface area contributed by atoms with Gasteiger partial charge in [-0.25, -0.2) is 0 Å². The number of hydrogen-bond acceptors (Lipinski definition) is 2. The largest absolute Gasteiger partial charge is 0.311 e. The van der Waals surface area contributed by atoms with E-state index < -0.39 is 0 Å². The van der Waals surface area contributed by atoms with Crippen LogP contribution in [0.2, 0.25) is 0 Å². The molecule has 2 heteroatoms. The van der Waals surface area contributed by atoms with E-state index in [9.17, 15) is 0 Å². The summed E-state index contributed by atoms with van der Waals surface area (Å²) in [6, 6.07) is 12.1. The van der Waals surface area contributed by atoms with Gasteiger partial charge in [-0.05, 0) is 31.2 Å². The molecule has 2 unspecified atom stereocenters. The number of nitrogens with zero attached hydrogens (tertiary/aromatic N) is 1. The average Bonchev–Trinajstić information content (AvgIpc) is 3.30. The summed E-state index contributed by atoms with van der Waals surface area (Å²) in [6.07, 6.45) is 7.29. The van der Waals surface area contributed by atoms with E-state index in [1.165, 1.54) is 24.9 Å². The number of rotatable bonds is 4. The van der Waals surface area contributed by atoms with Crippen molar-refractivity contribution in [1.29, 1.82) is 0 Å². The van der Waals surface area contributed by atoms with Crippen molar-refractivity contribution >= 4 is 0 Å². The van der Waals surface area contributed by atoms with Crippen molar-refractivity contribution in [2.45, 2.75) is 31.8 Å². The number of nitrogens with one attached hydrogen (secondary N) is 1. The molecule has 3 rings (SSSR count). The number of benzene rings is 1. The third-order valence-corrected chi connectivity index (χ3v) is 4.40. The van der Waals surface area contributed by atoms with Crippen LogP contribution >= 0.6 is 0 Å². The molecule has 102 valence electrons. The molecule has 2 nitrogen and oxygen atoms in total. The Bertz CT molecular complexity index is 422. The highest BCUT2D eigenvalue weighted by Crippen LogP contribution is 2.36. The fraction of sp³-hybridized carbons (Fsp3) is 0.529. The van der Waals surface area contributed by atoms with Crippen LogP contribution in [-0.4, -0.2) is 30.6 Å². The molecule has 2 atom stereocenters. The SMILES string of the molecule is C/C=C/CN1CC(C2CC2)NCC1c1ccccc1. The van der Waals surface area contributed by atoms with Crippen LogP contribution in [0.25, 0.3) is 0 Å². The molecule has 19 heavy (non-hydrogen) atoms. The fourth-order valence-electron chi connectivity index (χ4n) is 3.10. The van der Waals surface area contributed by atoms with Gasteiger partial charge in [0.15, 0.2) is 0 Å². The summed E-state index contributed by atoms with van der Waals surface area (Å²) in [5.74, 6) is 0.935. The lowest BCUT2D eigenvalue weighted by molar-refractivity contribution is 0.137. The van der Waals surface area contributed by atoms with E-state index in [2.05, 4.69) is 59.6 Å². The average molecular weight is 256 g/mol. The van der Waals surface area contributed by atoms with E-state index in [1.807, 2.05) is 0 Å². The molecule has 0 spiro atoms. The van der Waals surface area contributed by atoms with Crippen LogP contribution in [0, 0.1) is 5.92 Å². The Kier molecular flexibility index (Phi) is 4.00. The van der Waals surface area contributed by atoms with Crippen molar-refractivity contribution in [1.82, 2.24) is 10.2 Å². The first kappa shape index (κ1) is 12.9. The molecule has 0 amide bonds. The van der Waals surface area contributed by atoms with Crippen LogP contribution in [0.15, 0.2) is 42.5 Å². The maximum atomic E-state index is 3.77. The molecule has 1 aromatic carbocycles. The lowest BCUT2D eigenvalue weighted by Crippen LogP contribution is -2.53. The molecule has 2 fully saturated rings. The van der Waals surface area contributed by atoms with E-state index in [0.29, 0.717) is 12.1 Å². The molecule has 1 heterocycles. The molecular weight excluding hydrogens is 232 g/mol. The Hall–Kier alpha value is -1.12. The highest BCUT2D eigenvalue weighted by Gasteiger charge is 2.37. The van der Waals surface area contributed by atoms with E-state index in [1.54, 1.807) is 0 Å². The zero-order valence-electron chi connectivity index (χ0n) is 11.8. The van der Waals surface area contributed by atoms with Crippen molar-refractivity contribution in [3.63, 3.8) is 0 Å². The molecule has 1 aromatic rings. The minimum Gasteiger partial charge on any atom is -0.311 e. The molecule has 0 bridgehead atoms. The molecule has 0 radical (unpaired) electrons. The van der Waals surface area contributed by atoms with Gasteiger partial charge in [0.05, 0.1) is 0 Å². The predicted octanol–water partition coefficient (Wildman–Crippen LogP) is 2.99. The minimum atomic E-state index is 0.521. The summed E-state index contributed by atoms with van der Waals surface area (Å²) in [5, 5.41) is 3.77. The van der Waals surface area contributed by atoms with Gasteiger partial charge in [-0.15, -0.1) is 0 Å². The van der Waals surface area contributed by atoms with Gasteiger partial charge in [-0.3, -0.25) is 4.90 Å². The quantitative estimate of drug-likeness (QED) is 0.833.